The van der Waals surface area contributed by atoms with Gasteiger partial charge in [0.05, 0.1) is 5.56 Å². The first-order valence-electron chi connectivity index (χ1n) is 8.05. The molecule has 0 aliphatic carbocycles. The molecule has 1 aliphatic heterocycles. The third kappa shape index (κ3) is 3.40. The molecule has 1 aliphatic rings. The Morgan fingerprint density at radius 1 is 1.24 bits per heavy atom. The van der Waals surface area contributed by atoms with Crippen molar-refractivity contribution in [3.05, 3.63) is 71.3 Å². The van der Waals surface area contributed by atoms with Crippen molar-refractivity contribution in [2.75, 3.05) is 11.9 Å². The van der Waals surface area contributed by atoms with Crippen molar-refractivity contribution in [1.82, 2.24) is 5.32 Å². The van der Waals surface area contributed by atoms with Gasteiger partial charge >= 0.3 is 0 Å². The fourth-order valence-electron chi connectivity index (χ4n) is 2.84. The molecule has 0 saturated carbocycles. The Hall–Kier alpha value is -3.08. The van der Waals surface area contributed by atoms with Crippen LogP contribution in [0.25, 0.3) is 0 Å². The lowest BCUT2D eigenvalue weighted by atomic mass is 10.0. The van der Waals surface area contributed by atoms with Gasteiger partial charge in [-0.1, -0.05) is 30.8 Å². The highest BCUT2D eigenvalue weighted by molar-refractivity contribution is 6.07. The Balaban J connectivity index is 1.85. The Kier molecular flexibility index (Phi) is 4.57. The van der Waals surface area contributed by atoms with Crippen molar-refractivity contribution in [2.45, 2.75) is 19.9 Å². The minimum atomic E-state index is -0.710. The van der Waals surface area contributed by atoms with E-state index in [9.17, 15) is 9.59 Å². The van der Waals surface area contributed by atoms with Crippen LogP contribution in [0.3, 0.4) is 0 Å². The summed E-state index contributed by atoms with van der Waals surface area (Å²) in [6.07, 6.45) is 0. The summed E-state index contributed by atoms with van der Waals surface area (Å²) in [6.45, 7) is 7.89. The van der Waals surface area contributed by atoms with E-state index in [0.29, 0.717) is 17.9 Å². The number of hydrogen-bond acceptors (Lipinski definition) is 3. The summed E-state index contributed by atoms with van der Waals surface area (Å²) in [6, 6.07) is 11.9. The predicted molar refractivity (Wildman–Crippen MR) is 96.8 cm³/mol. The summed E-state index contributed by atoms with van der Waals surface area (Å²) in [4.78, 5) is 25.0. The van der Waals surface area contributed by atoms with E-state index < -0.39 is 6.04 Å². The number of rotatable bonds is 5. The molecule has 128 valence electrons. The fraction of sp³-hybridized carbons (Fsp3) is 0.200. The minimum absolute atomic E-state index is 0.238. The molecular formula is C20H20N2O3. The van der Waals surface area contributed by atoms with Gasteiger partial charge in [-0.2, -0.15) is 0 Å². The van der Waals surface area contributed by atoms with Crippen LogP contribution in [0.2, 0.25) is 0 Å². The smallest absolute Gasteiger partial charge is 0.255 e. The number of anilines is 1. The fourth-order valence-corrected chi connectivity index (χ4v) is 2.84. The molecule has 2 aromatic rings. The van der Waals surface area contributed by atoms with Crippen LogP contribution in [0.15, 0.2) is 54.6 Å². The summed E-state index contributed by atoms with van der Waals surface area (Å²) in [7, 11) is 0. The van der Waals surface area contributed by atoms with E-state index in [4.69, 9.17) is 4.74 Å². The molecule has 0 fully saturated rings. The lowest BCUT2D eigenvalue weighted by Crippen LogP contribution is -2.33. The van der Waals surface area contributed by atoms with Crippen LogP contribution in [-0.4, -0.2) is 18.4 Å². The van der Waals surface area contributed by atoms with Crippen LogP contribution in [0.1, 0.15) is 34.5 Å². The number of ether oxygens (including phenoxy) is 1. The van der Waals surface area contributed by atoms with Gasteiger partial charge in [0.1, 0.15) is 18.4 Å². The zero-order chi connectivity index (χ0) is 18.0. The molecule has 5 heteroatoms. The summed E-state index contributed by atoms with van der Waals surface area (Å²) in [5.41, 5.74) is 3.74. The number of nitrogens with one attached hydrogen (secondary N) is 2. The number of benzene rings is 2. The van der Waals surface area contributed by atoms with E-state index in [0.717, 1.165) is 22.4 Å². The van der Waals surface area contributed by atoms with Gasteiger partial charge in [0.15, 0.2) is 0 Å². The highest BCUT2D eigenvalue weighted by atomic mass is 16.5. The maximum Gasteiger partial charge on any atom is 0.255 e. The first-order chi connectivity index (χ1) is 12.0. The molecule has 2 N–H and O–H groups in total. The molecule has 0 spiro atoms. The largest absolute Gasteiger partial charge is 0.488 e. The average molecular weight is 336 g/mol. The topological polar surface area (TPSA) is 67.4 Å². The molecule has 2 aromatic carbocycles. The summed E-state index contributed by atoms with van der Waals surface area (Å²) >= 11 is 0. The molecule has 0 radical (unpaired) electrons. The SMILES string of the molecule is C=C(C)COc1ccccc1C(=O)NC1C(=O)Nc2cccc(C)c21. The van der Waals surface area contributed by atoms with Gasteiger partial charge in [-0.05, 0) is 43.2 Å². The van der Waals surface area contributed by atoms with Gasteiger partial charge in [0.2, 0.25) is 0 Å². The maximum atomic E-state index is 12.7. The standard InChI is InChI=1S/C20H20N2O3/c1-12(2)11-25-16-10-5-4-8-14(16)19(23)22-18-17-13(3)7-6-9-15(17)21-20(18)24/h4-10,18H,1,11H2,2-3H3,(H,21,24)(H,22,23). The van der Waals surface area contributed by atoms with Crippen molar-refractivity contribution in [3.8, 4) is 5.75 Å². The number of carbonyl (C=O) groups is 2. The maximum absolute atomic E-state index is 12.7. The van der Waals surface area contributed by atoms with Gasteiger partial charge in [-0.25, -0.2) is 0 Å². The number of hydrogen-bond donors (Lipinski definition) is 2. The molecular weight excluding hydrogens is 316 g/mol. The van der Waals surface area contributed by atoms with Crippen LogP contribution in [0.4, 0.5) is 5.69 Å². The number of amides is 2. The van der Waals surface area contributed by atoms with Gasteiger partial charge in [0.25, 0.3) is 11.8 Å². The predicted octanol–water partition coefficient (Wildman–Crippen LogP) is 3.37. The van der Waals surface area contributed by atoms with Crippen molar-refractivity contribution in [1.29, 1.82) is 0 Å². The highest BCUT2D eigenvalue weighted by Crippen LogP contribution is 2.33. The van der Waals surface area contributed by atoms with Crippen molar-refractivity contribution < 1.29 is 14.3 Å². The minimum Gasteiger partial charge on any atom is -0.488 e. The van der Waals surface area contributed by atoms with Crippen molar-refractivity contribution >= 4 is 17.5 Å². The quantitative estimate of drug-likeness (QED) is 0.823. The number of fused-ring (bicyclic) bond motifs is 1. The average Bonchev–Trinajstić information content (AvgIpc) is 2.90. The zero-order valence-electron chi connectivity index (χ0n) is 14.3. The molecule has 2 amide bonds. The molecule has 3 rings (SSSR count). The first kappa shape index (κ1) is 16.8. The van der Waals surface area contributed by atoms with Crippen molar-refractivity contribution in [3.63, 3.8) is 0 Å². The number of para-hydroxylation sites is 1. The molecule has 1 heterocycles. The van der Waals surface area contributed by atoms with Gasteiger partial charge in [-0.15, -0.1) is 0 Å². The summed E-state index contributed by atoms with van der Waals surface area (Å²) in [5.74, 6) is -0.127. The second kappa shape index (κ2) is 6.81. The molecule has 5 nitrogen and oxygen atoms in total. The molecule has 1 unspecified atom stereocenters. The molecule has 0 bridgehead atoms. The van der Waals surface area contributed by atoms with Crippen LogP contribution in [0.5, 0.6) is 5.75 Å². The number of aryl methyl sites for hydroxylation is 1. The Morgan fingerprint density at radius 2 is 2.00 bits per heavy atom. The number of carbonyl (C=O) groups excluding carboxylic acids is 2. The van der Waals surface area contributed by atoms with Crippen LogP contribution in [0, 0.1) is 6.92 Å². The zero-order valence-corrected chi connectivity index (χ0v) is 14.3. The van der Waals surface area contributed by atoms with E-state index >= 15 is 0 Å². The van der Waals surface area contributed by atoms with E-state index in [1.54, 1.807) is 24.3 Å². The highest BCUT2D eigenvalue weighted by Gasteiger charge is 2.33. The van der Waals surface area contributed by atoms with Crippen molar-refractivity contribution in [2.24, 2.45) is 0 Å². The van der Waals surface area contributed by atoms with E-state index in [2.05, 4.69) is 17.2 Å². The van der Waals surface area contributed by atoms with Crippen LogP contribution in [-0.2, 0) is 4.79 Å². The Bertz CT molecular complexity index is 858. The van der Waals surface area contributed by atoms with E-state index in [1.165, 1.54) is 0 Å². The second-order valence-corrected chi connectivity index (χ2v) is 6.17. The summed E-state index contributed by atoms with van der Waals surface area (Å²) in [5, 5.41) is 5.62. The van der Waals surface area contributed by atoms with Crippen LogP contribution < -0.4 is 15.4 Å². The lowest BCUT2D eigenvalue weighted by molar-refractivity contribution is -0.117. The van der Waals surface area contributed by atoms with Gasteiger partial charge in [-0.3, -0.25) is 9.59 Å². The Labute approximate surface area is 146 Å². The van der Waals surface area contributed by atoms with Gasteiger partial charge < -0.3 is 15.4 Å². The van der Waals surface area contributed by atoms with Gasteiger partial charge in [0, 0.05) is 11.3 Å². The third-order valence-electron chi connectivity index (χ3n) is 4.01. The third-order valence-corrected chi connectivity index (χ3v) is 4.01. The second-order valence-electron chi connectivity index (χ2n) is 6.17. The monoisotopic (exact) mass is 336 g/mol. The van der Waals surface area contributed by atoms with Crippen LogP contribution >= 0.6 is 0 Å². The molecule has 25 heavy (non-hydrogen) atoms. The molecule has 0 aromatic heterocycles. The lowest BCUT2D eigenvalue weighted by Gasteiger charge is -2.16. The summed E-state index contributed by atoms with van der Waals surface area (Å²) < 4.78 is 5.64. The van der Waals surface area contributed by atoms with E-state index in [1.807, 2.05) is 32.0 Å². The normalized spacial score (nSPS) is 15.3. The Morgan fingerprint density at radius 3 is 2.76 bits per heavy atom. The van der Waals surface area contributed by atoms with E-state index in [-0.39, 0.29) is 11.8 Å². The molecule has 0 saturated heterocycles. The first-order valence-corrected chi connectivity index (χ1v) is 8.05. The molecule has 1 atom stereocenters.